The molecule has 1 aromatic heterocycles. The Morgan fingerprint density at radius 2 is 2.05 bits per heavy atom. The Labute approximate surface area is 124 Å². The van der Waals surface area contributed by atoms with Gasteiger partial charge in [0.05, 0.1) is 10.6 Å². The summed E-state index contributed by atoms with van der Waals surface area (Å²) in [5, 5.41) is 10.6. The molecule has 0 saturated carbocycles. The van der Waals surface area contributed by atoms with Crippen molar-refractivity contribution in [2.75, 3.05) is 4.72 Å². The molecular formula is C12H11FN2O4S2. The highest BCUT2D eigenvalue weighted by Gasteiger charge is 2.20. The minimum atomic E-state index is -3.83. The second-order valence-corrected chi connectivity index (χ2v) is 7.18. The zero-order valence-electron chi connectivity index (χ0n) is 10.9. The molecular weight excluding hydrogens is 319 g/mol. The van der Waals surface area contributed by atoms with Gasteiger partial charge in [0.25, 0.3) is 10.0 Å². The van der Waals surface area contributed by atoms with Crippen LogP contribution in [0.3, 0.4) is 0 Å². The fourth-order valence-electron chi connectivity index (χ4n) is 1.61. The lowest BCUT2D eigenvalue weighted by molar-refractivity contribution is -0.387. The molecule has 0 aliphatic heterocycles. The van der Waals surface area contributed by atoms with Crippen molar-refractivity contribution in [1.29, 1.82) is 0 Å². The molecule has 0 atom stereocenters. The molecule has 1 aromatic carbocycles. The van der Waals surface area contributed by atoms with Gasteiger partial charge in [-0.05, 0) is 30.7 Å². The predicted molar refractivity (Wildman–Crippen MR) is 77.6 cm³/mol. The van der Waals surface area contributed by atoms with Crippen LogP contribution in [0.1, 0.15) is 11.8 Å². The molecule has 0 radical (unpaired) electrons. The number of nitro groups is 1. The maximum absolute atomic E-state index is 13.2. The molecule has 0 bridgehead atoms. The van der Waals surface area contributed by atoms with E-state index in [1.54, 1.807) is 6.07 Å². The van der Waals surface area contributed by atoms with Crippen molar-refractivity contribution >= 4 is 32.7 Å². The van der Waals surface area contributed by atoms with Crippen molar-refractivity contribution in [3.8, 4) is 0 Å². The van der Waals surface area contributed by atoms with Crippen LogP contribution >= 0.6 is 11.3 Å². The molecule has 0 aliphatic rings. The van der Waals surface area contributed by atoms with Crippen LogP contribution in [0.5, 0.6) is 0 Å². The molecule has 9 heteroatoms. The highest BCUT2D eigenvalue weighted by atomic mass is 32.2. The summed E-state index contributed by atoms with van der Waals surface area (Å²) in [7, 11) is -3.83. The predicted octanol–water partition coefficient (Wildman–Crippen LogP) is 3.16. The van der Waals surface area contributed by atoms with E-state index >= 15 is 0 Å². The second-order valence-electron chi connectivity index (χ2n) is 4.10. The van der Waals surface area contributed by atoms with E-state index in [2.05, 4.69) is 4.72 Å². The SMILES string of the molecule is CCc1ccc(S(=O)(=O)Nc2ccc(F)c([N+](=O)[O-])c2)s1. The first kappa shape index (κ1) is 15.4. The number of hydrogen-bond donors (Lipinski definition) is 1. The van der Waals surface area contributed by atoms with Crippen molar-refractivity contribution in [1.82, 2.24) is 0 Å². The normalized spacial score (nSPS) is 11.3. The Kier molecular flexibility index (Phi) is 4.24. The van der Waals surface area contributed by atoms with E-state index in [1.807, 2.05) is 6.92 Å². The molecule has 1 N–H and O–H groups in total. The average molecular weight is 330 g/mol. The number of hydrogen-bond acceptors (Lipinski definition) is 5. The maximum Gasteiger partial charge on any atom is 0.306 e. The Bertz CT molecular complexity index is 786. The lowest BCUT2D eigenvalue weighted by Gasteiger charge is -2.06. The first-order valence-electron chi connectivity index (χ1n) is 5.89. The summed E-state index contributed by atoms with van der Waals surface area (Å²) in [5.74, 6) is -1.02. The molecule has 0 unspecified atom stereocenters. The standard InChI is InChI=1S/C12H11FN2O4S2/c1-2-9-4-6-12(20-9)21(18,19)14-8-3-5-10(13)11(7-8)15(16)17/h3-7,14H,2H2,1H3. The number of rotatable bonds is 5. The molecule has 0 saturated heterocycles. The highest BCUT2D eigenvalue weighted by Crippen LogP contribution is 2.27. The number of sulfonamides is 1. The van der Waals surface area contributed by atoms with Gasteiger partial charge in [-0.15, -0.1) is 11.3 Å². The lowest BCUT2D eigenvalue weighted by Crippen LogP contribution is -2.11. The van der Waals surface area contributed by atoms with Gasteiger partial charge in [0.1, 0.15) is 4.21 Å². The fourth-order valence-corrected chi connectivity index (χ4v) is 3.96. The number of nitro benzene ring substituents is 1. The van der Waals surface area contributed by atoms with Crippen LogP contribution in [0.4, 0.5) is 15.8 Å². The monoisotopic (exact) mass is 330 g/mol. The van der Waals surface area contributed by atoms with E-state index in [-0.39, 0.29) is 9.90 Å². The maximum atomic E-state index is 13.2. The van der Waals surface area contributed by atoms with Gasteiger partial charge in [-0.3, -0.25) is 14.8 Å². The summed E-state index contributed by atoms with van der Waals surface area (Å²) >= 11 is 1.11. The third-order valence-electron chi connectivity index (χ3n) is 2.65. The average Bonchev–Trinajstić information content (AvgIpc) is 2.90. The Morgan fingerprint density at radius 1 is 1.33 bits per heavy atom. The number of nitrogens with zero attached hydrogens (tertiary/aromatic N) is 1. The van der Waals surface area contributed by atoms with Gasteiger partial charge in [0.15, 0.2) is 0 Å². The van der Waals surface area contributed by atoms with Gasteiger partial charge >= 0.3 is 5.69 Å². The third-order valence-corrected chi connectivity index (χ3v) is 5.75. The topological polar surface area (TPSA) is 89.3 Å². The zero-order chi connectivity index (χ0) is 15.6. The summed E-state index contributed by atoms with van der Waals surface area (Å²) in [6.45, 7) is 1.90. The summed E-state index contributed by atoms with van der Waals surface area (Å²) < 4.78 is 39.8. The molecule has 2 aromatic rings. The molecule has 21 heavy (non-hydrogen) atoms. The number of nitrogens with one attached hydrogen (secondary N) is 1. The van der Waals surface area contributed by atoms with Gasteiger partial charge in [0.2, 0.25) is 5.82 Å². The van der Waals surface area contributed by atoms with Crippen molar-refractivity contribution in [3.63, 3.8) is 0 Å². The molecule has 1 heterocycles. The fraction of sp³-hybridized carbons (Fsp3) is 0.167. The molecule has 0 fully saturated rings. The third kappa shape index (κ3) is 3.37. The Balaban J connectivity index is 2.32. The van der Waals surface area contributed by atoms with Gasteiger partial charge in [-0.1, -0.05) is 6.92 Å². The van der Waals surface area contributed by atoms with E-state index in [1.165, 1.54) is 6.07 Å². The van der Waals surface area contributed by atoms with Crippen LogP contribution in [0.2, 0.25) is 0 Å². The van der Waals surface area contributed by atoms with E-state index < -0.39 is 26.5 Å². The lowest BCUT2D eigenvalue weighted by atomic mass is 10.3. The van der Waals surface area contributed by atoms with Crippen molar-refractivity contribution < 1.29 is 17.7 Å². The number of halogens is 1. The number of benzene rings is 1. The summed E-state index contributed by atoms with van der Waals surface area (Å²) in [5.41, 5.74) is -0.842. The molecule has 0 amide bonds. The van der Waals surface area contributed by atoms with Crippen LogP contribution in [0.25, 0.3) is 0 Å². The van der Waals surface area contributed by atoms with Gasteiger partial charge in [0, 0.05) is 10.9 Å². The Hall–Kier alpha value is -2.00. The highest BCUT2D eigenvalue weighted by molar-refractivity contribution is 7.94. The van der Waals surface area contributed by atoms with Crippen molar-refractivity contribution in [2.45, 2.75) is 17.6 Å². The van der Waals surface area contributed by atoms with Crippen molar-refractivity contribution in [3.05, 3.63) is 51.1 Å². The Morgan fingerprint density at radius 3 is 2.62 bits per heavy atom. The van der Waals surface area contributed by atoms with E-state index in [0.29, 0.717) is 6.42 Å². The van der Waals surface area contributed by atoms with Crippen LogP contribution < -0.4 is 4.72 Å². The summed E-state index contributed by atoms with van der Waals surface area (Å²) in [6.07, 6.45) is 0.711. The van der Waals surface area contributed by atoms with Gasteiger partial charge < -0.3 is 0 Å². The molecule has 0 spiro atoms. The molecule has 6 nitrogen and oxygen atoms in total. The molecule has 2 rings (SSSR count). The summed E-state index contributed by atoms with van der Waals surface area (Å²) in [4.78, 5) is 10.6. The number of aryl methyl sites for hydroxylation is 1. The van der Waals surface area contributed by atoms with Gasteiger partial charge in [-0.25, -0.2) is 8.42 Å². The first-order valence-corrected chi connectivity index (χ1v) is 8.19. The zero-order valence-corrected chi connectivity index (χ0v) is 12.5. The van der Waals surface area contributed by atoms with Crippen LogP contribution in [0, 0.1) is 15.9 Å². The number of anilines is 1. The van der Waals surface area contributed by atoms with Crippen LogP contribution in [-0.2, 0) is 16.4 Å². The van der Waals surface area contributed by atoms with Gasteiger partial charge in [-0.2, -0.15) is 4.39 Å². The van der Waals surface area contributed by atoms with Crippen molar-refractivity contribution in [2.24, 2.45) is 0 Å². The van der Waals surface area contributed by atoms with E-state index in [4.69, 9.17) is 0 Å². The summed E-state index contributed by atoms with van der Waals surface area (Å²) in [6, 6.07) is 5.99. The quantitative estimate of drug-likeness (QED) is 0.673. The second kappa shape index (κ2) is 5.78. The minimum absolute atomic E-state index is 0.0606. The van der Waals surface area contributed by atoms with Crippen LogP contribution in [-0.4, -0.2) is 13.3 Å². The van der Waals surface area contributed by atoms with E-state index in [9.17, 15) is 22.9 Å². The number of thiophene rings is 1. The first-order chi connectivity index (χ1) is 9.83. The smallest absolute Gasteiger partial charge is 0.279 e. The minimum Gasteiger partial charge on any atom is -0.279 e. The molecule has 112 valence electrons. The largest absolute Gasteiger partial charge is 0.306 e. The van der Waals surface area contributed by atoms with E-state index in [0.717, 1.165) is 34.4 Å². The molecule has 0 aliphatic carbocycles. The van der Waals surface area contributed by atoms with Crippen LogP contribution in [0.15, 0.2) is 34.5 Å².